The summed E-state index contributed by atoms with van der Waals surface area (Å²) < 4.78 is 5.73. The minimum absolute atomic E-state index is 0.0900. The number of allylic oxidation sites excluding steroid dienone is 6. The number of hydroxylamine groups is 1. The van der Waals surface area contributed by atoms with Crippen LogP contribution in [0, 0.1) is 11.3 Å². The van der Waals surface area contributed by atoms with E-state index in [1.54, 1.807) is 5.48 Å². The predicted molar refractivity (Wildman–Crippen MR) is 127 cm³/mol. The average Bonchev–Trinajstić information content (AvgIpc) is 2.81. The van der Waals surface area contributed by atoms with Crippen molar-refractivity contribution in [3.63, 3.8) is 0 Å². The Bertz CT molecular complexity index is 817. The molecule has 0 aromatic heterocycles. The standard InChI is InChI=1S/C26H38N2O5/c1-26(2,3)24(23(30)19-12-6-4-7-13-19)27-25(31)20(18-22(29)28-32)14-10-11-17-33-21-15-8-5-9-16-21/h4,6,8,12,15-16,20,24,32H,5,7,9-11,13-14,17-18H2,1-3H3,(H,27,31)(H,28,29). The summed E-state index contributed by atoms with van der Waals surface area (Å²) in [7, 11) is 0. The van der Waals surface area contributed by atoms with Crippen LogP contribution in [0.3, 0.4) is 0 Å². The van der Waals surface area contributed by atoms with Gasteiger partial charge >= 0.3 is 0 Å². The van der Waals surface area contributed by atoms with Crippen molar-refractivity contribution in [3.05, 3.63) is 47.8 Å². The van der Waals surface area contributed by atoms with E-state index in [9.17, 15) is 14.4 Å². The summed E-state index contributed by atoms with van der Waals surface area (Å²) in [6, 6.07) is -0.698. The molecule has 3 N–H and O–H groups in total. The molecule has 2 atom stereocenters. The molecule has 0 aromatic carbocycles. The van der Waals surface area contributed by atoms with E-state index < -0.39 is 23.3 Å². The van der Waals surface area contributed by atoms with Crippen LogP contribution in [0.5, 0.6) is 0 Å². The smallest absolute Gasteiger partial charge is 0.244 e. The van der Waals surface area contributed by atoms with Gasteiger partial charge in [0.15, 0.2) is 5.78 Å². The summed E-state index contributed by atoms with van der Waals surface area (Å²) >= 11 is 0. The minimum Gasteiger partial charge on any atom is -0.494 e. The van der Waals surface area contributed by atoms with Crippen molar-refractivity contribution < 1.29 is 24.3 Å². The van der Waals surface area contributed by atoms with Crippen molar-refractivity contribution in [3.8, 4) is 0 Å². The fourth-order valence-corrected chi connectivity index (χ4v) is 3.90. The molecule has 7 nitrogen and oxygen atoms in total. The van der Waals surface area contributed by atoms with Gasteiger partial charge in [-0.1, -0.05) is 45.1 Å². The van der Waals surface area contributed by atoms with Crippen LogP contribution in [0.4, 0.5) is 0 Å². The average molecular weight is 459 g/mol. The zero-order valence-electron chi connectivity index (χ0n) is 20.1. The van der Waals surface area contributed by atoms with E-state index in [1.165, 1.54) is 0 Å². The first-order chi connectivity index (χ1) is 15.7. The number of amides is 2. The van der Waals surface area contributed by atoms with Crippen LogP contribution in [0.25, 0.3) is 0 Å². The van der Waals surface area contributed by atoms with Crippen LogP contribution in [0.15, 0.2) is 47.8 Å². The Kier molecular flexibility index (Phi) is 10.6. The third-order valence-corrected chi connectivity index (χ3v) is 5.85. The van der Waals surface area contributed by atoms with Gasteiger partial charge in [-0.05, 0) is 68.1 Å². The number of rotatable bonds is 12. The first-order valence-corrected chi connectivity index (χ1v) is 11.8. The van der Waals surface area contributed by atoms with E-state index in [2.05, 4.69) is 17.5 Å². The highest BCUT2D eigenvalue weighted by Gasteiger charge is 2.36. The van der Waals surface area contributed by atoms with Crippen LogP contribution in [-0.4, -0.2) is 35.5 Å². The lowest BCUT2D eigenvalue weighted by atomic mass is 9.80. The summed E-state index contributed by atoms with van der Waals surface area (Å²) in [5.41, 5.74) is 1.82. The quantitative estimate of drug-likeness (QED) is 0.230. The van der Waals surface area contributed by atoms with Gasteiger partial charge in [-0.25, -0.2) is 5.48 Å². The van der Waals surface area contributed by atoms with E-state index in [4.69, 9.17) is 9.94 Å². The number of hydrogen-bond donors (Lipinski definition) is 3. The zero-order valence-corrected chi connectivity index (χ0v) is 20.1. The van der Waals surface area contributed by atoms with Crippen molar-refractivity contribution in [1.29, 1.82) is 0 Å². The molecule has 0 saturated carbocycles. The van der Waals surface area contributed by atoms with Gasteiger partial charge < -0.3 is 10.1 Å². The minimum atomic E-state index is -0.698. The van der Waals surface area contributed by atoms with Gasteiger partial charge in [0.25, 0.3) is 0 Å². The van der Waals surface area contributed by atoms with Crippen LogP contribution < -0.4 is 10.8 Å². The Morgan fingerprint density at radius 1 is 1.12 bits per heavy atom. The number of carbonyl (C=O) groups excluding carboxylic acids is 3. The monoisotopic (exact) mass is 458 g/mol. The number of carbonyl (C=O) groups is 3. The third-order valence-electron chi connectivity index (χ3n) is 5.85. The largest absolute Gasteiger partial charge is 0.494 e. The Balaban J connectivity index is 1.97. The van der Waals surface area contributed by atoms with Gasteiger partial charge in [0, 0.05) is 12.3 Å². The molecule has 182 valence electrons. The van der Waals surface area contributed by atoms with E-state index in [0.717, 1.165) is 31.4 Å². The van der Waals surface area contributed by atoms with Crippen molar-refractivity contribution in [2.45, 2.75) is 78.2 Å². The second-order valence-electron chi connectivity index (χ2n) is 9.70. The molecule has 0 fully saturated rings. The van der Waals surface area contributed by atoms with Crippen molar-refractivity contribution >= 4 is 17.6 Å². The fourth-order valence-electron chi connectivity index (χ4n) is 3.90. The van der Waals surface area contributed by atoms with Crippen LogP contribution >= 0.6 is 0 Å². The lowest BCUT2D eigenvalue weighted by Gasteiger charge is -2.32. The first-order valence-electron chi connectivity index (χ1n) is 11.8. The molecule has 2 unspecified atom stereocenters. The molecule has 2 aliphatic carbocycles. The van der Waals surface area contributed by atoms with Gasteiger partial charge in [0.05, 0.1) is 12.6 Å². The summed E-state index contributed by atoms with van der Waals surface area (Å²) in [6.45, 7) is 6.27. The molecule has 0 saturated heterocycles. The highest BCUT2D eigenvalue weighted by atomic mass is 16.5. The normalized spacial score (nSPS) is 17.5. The Morgan fingerprint density at radius 3 is 2.52 bits per heavy atom. The summed E-state index contributed by atoms with van der Waals surface area (Å²) in [6.07, 6.45) is 17.0. The molecule has 0 bridgehead atoms. The highest BCUT2D eigenvalue weighted by Crippen LogP contribution is 2.26. The van der Waals surface area contributed by atoms with Crippen molar-refractivity contribution in [2.75, 3.05) is 6.61 Å². The number of ether oxygens (including phenoxy) is 1. The van der Waals surface area contributed by atoms with Crippen molar-refractivity contribution in [2.24, 2.45) is 11.3 Å². The van der Waals surface area contributed by atoms with Crippen LogP contribution in [-0.2, 0) is 19.1 Å². The van der Waals surface area contributed by atoms with Gasteiger partial charge in [-0.15, -0.1) is 0 Å². The molecular weight excluding hydrogens is 420 g/mol. The summed E-state index contributed by atoms with van der Waals surface area (Å²) in [5.74, 6) is -0.842. The van der Waals surface area contributed by atoms with Gasteiger partial charge in [-0.2, -0.15) is 0 Å². The number of Topliss-reactive ketones (excluding diaryl/α,β-unsaturated/α-hetero) is 1. The van der Waals surface area contributed by atoms with E-state index in [1.807, 2.05) is 45.1 Å². The maximum Gasteiger partial charge on any atom is 0.244 e. The van der Waals surface area contributed by atoms with E-state index in [0.29, 0.717) is 31.4 Å². The van der Waals surface area contributed by atoms with Gasteiger partial charge in [-0.3, -0.25) is 19.6 Å². The lowest BCUT2D eigenvalue weighted by molar-refractivity contribution is -0.136. The molecule has 7 heteroatoms. The number of unbranched alkanes of at least 4 members (excludes halogenated alkanes) is 1. The molecule has 0 heterocycles. The summed E-state index contributed by atoms with van der Waals surface area (Å²) in [4.78, 5) is 38.1. The maximum absolute atomic E-state index is 13.2. The van der Waals surface area contributed by atoms with Crippen molar-refractivity contribution in [1.82, 2.24) is 10.8 Å². The van der Waals surface area contributed by atoms with Gasteiger partial charge in [0.1, 0.15) is 5.76 Å². The molecule has 0 aromatic rings. The Morgan fingerprint density at radius 2 is 1.91 bits per heavy atom. The number of ketones is 1. The predicted octanol–water partition coefficient (Wildman–Crippen LogP) is 4.30. The number of nitrogens with one attached hydrogen (secondary N) is 2. The van der Waals surface area contributed by atoms with Crippen LogP contribution in [0.1, 0.15) is 72.1 Å². The molecular formula is C26H38N2O5. The number of hydrogen-bond acceptors (Lipinski definition) is 5. The van der Waals surface area contributed by atoms with E-state index >= 15 is 0 Å². The second kappa shape index (κ2) is 13.1. The lowest BCUT2D eigenvalue weighted by Crippen LogP contribution is -2.51. The van der Waals surface area contributed by atoms with E-state index in [-0.39, 0.29) is 18.1 Å². The summed E-state index contributed by atoms with van der Waals surface area (Å²) in [5, 5.41) is 11.9. The Hall–Kier alpha value is -2.67. The highest BCUT2D eigenvalue weighted by molar-refractivity contribution is 6.02. The molecule has 0 spiro atoms. The molecule has 0 radical (unpaired) electrons. The topological polar surface area (TPSA) is 105 Å². The molecule has 2 rings (SSSR count). The third kappa shape index (κ3) is 9.00. The SMILES string of the molecule is CC(C)(C)C(NC(=O)C(CCCCOC1=CCCC=C1)CC(=O)NO)C(=O)C1=CC=CCC1. The van der Waals surface area contributed by atoms with Crippen LogP contribution in [0.2, 0.25) is 0 Å². The van der Waals surface area contributed by atoms with Gasteiger partial charge in [0.2, 0.25) is 11.8 Å². The molecule has 2 amide bonds. The second-order valence-corrected chi connectivity index (χ2v) is 9.70. The first kappa shape index (κ1) is 26.6. The Labute approximate surface area is 197 Å². The molecule has 2 aliphatic rings. The molecule has 33 heavy (non-hydrogen) atoms. The molecule has 0 aliphatic heterocycles. The fraction of sp³-hybridized carbons (Fsp3) is 0.577. The zero-order chi connectivity index (χ0) is 24.3. The maximum atomic E-state index is 13.2.